The summed E-state index contributed by atoms with van der Waals surface area (Å²) in [6, 6.07) is 16.9. The number of benzene rings is 2. The van der Waals surface area contributed by atoms with Gasteiger partial charge in [-0.05, 0) is 17.7 Å². The second-order valence-corrected chi connectivity index (χ2v) is 5.03. The van der Waals surface area contributed by atoms with Gasteiger partial charge in [0, 0.05) is 30.8 Å². The Morgan fingerprint density at radius 3 is 2.70 bits per heavy atom. The van der Waals surface area contributed by atoms with Crippen molar-refractivity contribution in [1.29, 1.82) is 0 Å². The third-order valence-corrected chi connectivity index (χ3v) is 3.48. The maximum atomic E-state index is 12.5. The summed E-state index contributed by atoms with van der Waals surface area (Å²) < 4.78 is 5.34. The van der Waals surface area contributed by atoms with E-state index < -0.39 is 6.10 Å². The second-order valence-electron chi connectivity index (χ2n) is 5.03. The van der Waals surface area contributed by atoms with Gasteiger partial charge < -0.3 is 15.0 Å². The van der Waals surface area contributed by atoms with Gasteiger partial charge in [0.15, 0.2) is 6.10 Å². The van der Waals surface area contributed by atoms with Crippen molar-refractivity contribution in [2.75, 3.05) is 12.4 Å². The van der Waals surface area contributed by atoms with E-state index in [4.69, 9.17) is 4.74 Å². The quantitative estimate of drug-likeness (QED) is 0.759. The van der Waals surface area contributed by atoms with Crippen LogP contribution in [-0.2, 0) is 9.53 Å². The minimum atomic E-state index is -0.650. The van der Waals surface area contributed by atoms with Crippen molar-refractivity contribution in [3.8, 4) is 11.4 Å². The lowest BCUT2D eigenvalue weighted by atomic mass is 10.1. The maximum Gasteiger partial charge on any atom is 0.258 e. The molecule has 23 heavy (non-hydrogen) atoms. The van der Waals surface area contributed by atoms with Gasteiger partial charge in [0.2, 0.25) is 0 Å². The summed E-state index contributed by atoms with van der Waals surface area (Å²) in [5.74, 6) is 0.544. The fourth-order valence-corrected chi connectivity index (χ4v) is 2.40. The van der Waals surface area contributed by atoms with Gasteiger partial charge in [-0.3, -0.25) is 4.79 Å². The fraction of sp³-hybridized carbons (Fsp3) is 0.111. The highest BCUT2D eigenvalue weighted by Crippen LogP contribution is 2.22. The summed E-state index contributed by atoms with van der Waals surface area (Å²) in [4.78, 5) is 19.7. The van der Waals surface area contributed by atoms with E-state index in [0.29, 0.717) is 5.69 Å². The number of nitrogens with one attached hydrogen (secondary N) is 2. The van der Waals surface area contributed by atoms with E-state index in [0.717, 1.165) is 17.0 Å². The molecule has 116 valence electrons. The molecule has 0 aliphatic heterocycles. The number of carbonyl (C=O) groups excluding carboxylic acids is 1. The van der Waals surface area contributed by atoms with Crippen molar-refractivity contribution in [3.05, 3.63) is 72.6 Å². The van der Waals surface area contributed by atoms with Crippen molar-refractivity contribution in [2.45, 2.75) is 6.10 Å². The summed E-state index contributed by atoms with van der Waals surface area (Å²) in [6.07, 6.45) is 2.80. The number of amides is 1. The Bertz CT molecular complexity index is 770. The van der Waals surface area contributed by atoms with Gasteiger partial charge in [-0.1, -0.05) is 42.5 Å². The van der Waals surface area contributed by atoms with Crippen LogP contribution < -0.4 is 5.32 Å². The Labute approximate surface area is 134 Å². The van der Waals surface area contributed by atoms with Gasteiger partial charge in [-0.2, -0.15) is 0 Å². The summed E-state index contributed by atoms with van der Waals surface area (Å²) in [6.45, 7) is 0. The Hall–Kier alpha value is -2.92. The molecule has 0 fully saturated rings. The highest BCUT2D eigenvalue weighted by molar-refractivity contribution is 5.95. The van der Waals surface area contributed by atoms with E-state index in [-0.39, 0.29) is 5.91 Å². The van der Waals surface area contributed by atoms with E-state index in [9.17, 15) is 4.79 Å². The first-order valence-corrected chi connectivity index (χ1v) is 7.26. The zero-order valence-electron chi connectivity index (χ0n) is 12.7. The molecule has 0 saturated carbocycles. The number of aromatic amines is 1. The van der Waals surface area contributed by atoms with Crippen LogP contribution in [-0.4, -0.2) is 23.0 Å². The molecule has 1 aromatic heterocycles. The molecule has 3 rings (SSSR count). The molecule has 0 aliphatic rings. The molecule has 0 aliphatic carbocycles. The van der Waals surface area contributed by atoms with E-state index in [1.165, 1.54) is 7.11 Å². The number of H-pyrrole nitrogens is 1. The molecule has 3 aromatic rings. The number of ether oxygens (including phenoxy) is 1. The number of hydrogen-bond donors (Lipinski definition) is 2. The zero-order chi connectivity index (χ0) is 16.1. The molecule has 1 heterocycles. The molecule has 2 N–H and O–H groups in total. The Kier molecular flexibility index (Phi) is 4.49. The summed E-state index contributed by atoms with van der Waals surface area (Å²) in [7, 11) is 1.52. The minimum absolute atomic E-state index is 0.213. The third kappa shape index (κ3) is 3.46. The van der Waals surface area contributed by atoms with Crippen LogP contribution in [0.1, 0.15) is 11.7 Å². The zero-order valence-corrected chi connectivity index (χ0v) is 12.7. The fourth-order valence-electron chi connectivity index (χ4n) is 2.40. The molecular formula is C18H17N3O2. The van der Waals surface area contributed by atoms with Crippen LogP contribution in [0.5, 0.6) is 0 Å². The predicted molar refractivity (Wildman–Crippen MR) is 88.8 cm³/mol. The Morgan fingerprint density at radius 2 is 2.00 bits per heavy atom. The van der Waals surface area contributed by atoms with Crippen LogP contribution in [0.4, 0.5) is 5.69 Å². The normalized spacial score (nSPS) is 11.9. The molecule has 5 heteroatoms. The molecule has 0 unspecified atom stereocenters. The van der Waals surface area contributed by atoms with Crippen LogP contribution in [0.3, 0.4) is 0 Å². The summed E-state index contributed by atoms with van der Waals surface area (Å²) in [5.41, 5.74) is 2.41. The van der Waals surface area contributed by atoms with Crippen molar-refractivity contribution in [3.63, 3.8) is 0 Å². The lowest BCUT2D eigenvalue weighted by Crippen LogP contribution is -2.22. The molecule has 0 spiro atoms. The summed E-state index contributed by atoms with van der Waals surface area (Å²) in [5, 5.41) is 2.89. The number of nitrogens with zero attached hydrogens (tertiary/aromatic N) is 1. The van der Waals surface area contributed by atoms with Gasteiger partial charge in [-0.25, -0.2) is 4.98 Å². The number of carbonyl (C=O) groups is 1. The van der Waals surface area contributed by atoms with Crippen molar-refractivity contribution in [2.24, 2.45) is 0 Å². The monoisotopic (exact) mass is 307 g/mol. The largest absolute Gasteiger partial charge is 0.367 e. The number of hydrogen-bond acceptors (Lipinski definition) is 3. The molecule has 0 bridgehead atoms. The SMILES string of the molecule is CO[C@H](C(=O)Nc1cccc(-c2ncc[nH]2)c1)c1ccccc1. The average Bonchev–Trinajstić information content (AvgIpc) is 3.11. The van der Waals surface area contributed by atoms with Crippen molar-refractivity contribution < 1.29 is 9.53 Å². The number of aromatic nitrogens is 2. The van der Waals surface area contributed by atoms with Gasteiger partial charge in [0.05, 0.1) is 0 Å². The second kappa shape index (κ2) is 6.89. The number of rotatable bonds is 5. The molecule has 2 aromatic carbocycles. The minimum Gasteiger partial charge on any atom is -0.367 e. The highest BCUT2D eigenvalue weighted by Gasteiger charge is 2.20. The molecule has 0 saturated heterocycles. The summed E-state index contributed by atoms with van der Waals surface area (Å²) >= 11 is 0. The molecule has 1 atom stereocenters. The maximum absolute atomic E-state index is 12.5. The lowest BCUT2D eigenvalue weighted by Gasteiger charge is -2.16. The van der Waals surface area contributed by atoms with Crippen LogP contribution in [0, 0.1) is 0 Å². The molecule has 5 nitrogen and oxygen atoms in total. The van der Waals surface area contributed by atoms with Gasteiger partial charge in [0.1, 0.15) is 5.82 Å². The first-order chi connectivity index (χ1) is 11.3. The number of methoxy groups -OCH3 is 1. The predicted octanol–water partition coefficient (Wildman–Crippen LogP) is 3.40. The van der Waals surface area contributed by atoms with Crippen LogP contribution in [0.25, 0.3) is 11.4 Å². The first-order valence-electron chi connectivity index (χ1n) is 7.26. The smallest absolute Gasteiger partial charge is 0.258 e. The van der Waals surface area contributed by atoms with E-state index in [1.807, 2.05) is 54.6 Å². The molecule has 0 radical (unpaired) electrons. The Balaban J connectivity index is 1.78. The van der Waals surface area contributed by atoms with Gasteiger partial charge in [0.25, 0.3) is 5.91 Å². The number of anilines is 1. The topological polar surface area (TPSA) is 67.0 Å². The molecular weight excluding hydrogens is 290 g/mol. The van der Waals surface area contributed by atoms with E-state index in [1.54, 1.807) is 12.4 Å². The van der Waals surface area contributed by atoms with Crippen LogP contribution in [0.2, 0.25) is 0 Å². The van der Waals surface area contributed by atoms with Crippen LogP contribution >= 0.6 is 0 Å². The van der Waals surface area contributed by atoms with E-state index in [2.05, 4.69) is 15.3 Å². The average molecular weight is 307 g/mol. The van der Waals surface area contributed by atoms with Crippen molar-refractivity contribution in [1.82, 2.24) is 9.97 Å². The molecule has 1 amide bonds. The Morgan fingerprint density at radius 1 is 1.17 bits per heavy atom. The van der Waals surface area contributed by atoms with Gasteiger partial charge >= 0.3 is 0 Å². The lowest BCUT2D eigenvalue weighted by molar-refractivity contribution is -0.126. The van der Waals surface area contributed by atoms with E-state index >= 15 is 0 Å². The standard InChI is InChI=1S/C18H17N3O2/c1-23-16(13-6-3-2-4-7-13)18(22)21-15-9-5-8-14(12-15)17-19-10-11-20-17/h2-12,16H,1H3,(H,19,20)(H,21,22)/t16-/m0/s1. The van der Waals surface area contributed by atoms with Crippen LogP contribution in [0.15, 0.2) is 67.0 Å². The first kappa shape index (κ1) is 15.0. The van der Waals surface area contributed by atoms with Gasteiger partial charge in [-0.15, -0.1) is 0 Å². The van der Waals surface area contributed by atoms with Crippen molar-refractivity contribution >= 4 is 11.6 Å². The highest BCUT2D eigenvalue weighted by atomic mass is 16.5. The third-order valence-electron chi connectivity index (χ3n) is 3.48. The number of imidazole rings is 1.